The summed E-state index contributed by atoms with van der Waals surface area (Å²) in [7, 11) is 1.68. The fourth-order valence-corrected chi connectivity index (χ4v) is 5.12. The molecule has 7 heteroatoms. The van der Waals surface area contributed by atoms with Crippen LogP contribution in [0.15, 0.2) is 23.2 Å². The van der Waals surface area contributed by atoms with E-state index in [4.69, 9.17) is 9.73 Å². The highest BCUT2D eigenvalue weighted by molar-refractivity contribution is 7.22. The van der Waals surface area contributed by atoms with E-state index in [0.717, 1.165) is 40.1 Å². The Labute approximate surface area is 144 Å². The Balaban J connectivity index is 1.39. The molecule has 126 valence electrons. The third-order valence-electron chi connectivity index (χ3n) is 5.56. The summed E-state index contributed by atoms with van der Waals surface area (Å²) in [6.07, 6.45) is 2.55. The summed E-state index contributed by atoms with van der Waals surface area (Å²) in [6, 6.07) is 5.99. The summed E-state index contributed by atoms with van der Waals surface area (Å²) in [5.41, 5.74) is 1.02. The van der Waals surface area contributed by atoms with Crippen molar-refractivity contribution in [1.82, 2.24) is 15.2 Å². The minimum absolute atomic E-state index is 0.0682. The van der Waals surface area contributed by atoms with Crippen molar-refractivity contribution in [3.8, 4) is 5.75 Å². The van der Waals surface area contributed by atoms with E-state index in [1.54, 1.807) is 18.4 Å². The Bertz CT molecular complexity index is 810. The van der Waals surface area contributed by atoms with E-state index in [1.807, 2.05) is 12.1 Å². The van der Waals surface area contributed by atoms with Gasteiger partial charge in [0.2, 0.25) is 0 Å². The maximum Gasteiger partial charge on any atom is 0.198 e. The molecule has 1 atom stereocenters. The predicted octanol–water partition coefficient (Wildman–Crippen LogP) is 2.14. The number of fused-ring (bicyclic) bond motifs is 3. The molecule has 6 nitrogen and oxygen atoms in total. The van der Waals surface area contributed by atoms with Crippen LogP contribution in [0.5, 0.6) is 5.75 Å². The lowest BCUT2D eigenvalue weighted by Crippen LogP contribution is -2.59. The number of rotatable bonds is 2. The van der Waals surface area contributed by atoms with Gasteiger partial charge in [-0.05, 0) is 44.0 Å². The van der Waals surface area contributed by atoms with Crippen LogP contribution in [0.1, 0.15) is 12.8 Å². The molecule has 1 aromatic heterocycles. The van der Waals surface area contributed by atoms with E-state index < -0.39 is 0 Å². The van der Waals surface area contributed by atoms with Crippen LogP contribution < -0.4 is 15.4 Å². The average Bonchev–Trinajstić information content (AvgIpc) is 3.19. The maximum absolute atomic E-state index is 5.27. The van der Waals surface area contributed by atoms with E-state index in [9.17, 15) is 0 Å². The molecule has 2 N–H and O–H groups in total. The molecule has 2 bridgehead atoms. The number of hydrogen-bond donors (Lipinski definition) is 2. The molecule has 6 rings (SSSR count). The summed E-state index contributed by atoms with van der Waals surface area (Å²) in [5.74, 6) is 2.42. The molecule has 4 aliphatic heterocycles. The second-order valence-corrected chi connectivity index (χ2v) is 7.98. The van der Waals surface area contributed by atoms with Gasteiger partial charge in [-0.2, -0.15) is 0 Å². The van der Waals surface area contributed by atoms with Gasteiger partial charge < -0.3 is 20.3 Å². The number of benzene rings is 1. The Morgan fingerprint density at radius 2 is 2.25 bits per heavy atom. The molecule has 3 saturated heterocycles. The third-order valence-corrected chi connectivity index (χ3v) is 6.51. The largest absolute Gasteiger partial charge is 0.497 e. The summed E-state index contributed by atoms with van der Waals surface area (Å²) in [5, 5.41) is 7.73. The second-order valence-electron chi connectivity index (χ2n) is 6.95. The molecule has 1 aromatic carbocycles. The zero-order chi connectivity index (χ0) is 16.1. The van der Waals surface area contributed by atoms with Crippen molar-refractivity contribution in [3.05, 3.63) is 18.2 Å². The molecule has 0 radical (unpaired) electrons. The van der Waals surface area contributed by atoms with Crippen LogP contribution in [0.3, 0.4) is 0 Å². The van der Waals surface area contributed by atoms with Crippen molar-refractivity contribution in [1.29, 1.82) is 0 Å². The standard InChI is InChI=1S/C17H21N5OS/c1-23-12-2-3-14-13(8-12)19-16(24-14)20-15-18-9-17(21-15)10-22-6-4-11(17)5-7-22/h2-3,8,11H,4-7,9-10H2,1H3,(H2,18,19,20,21). The van der Waals surface area contributed by atoms with E-state index >= 15 is 0 Å². The monoisotopic (exact) mass is 343 g/mol. The number of nitrogens with zero attached hydrogens (tertiary/aromatic N) is 3. The first kappa shape index (κ1) is 14.5. The van der Waals surface area contributed by atoms with Crippen molar-refractivity contribution in [2.75, 3.05) is 38.6 Å². The van der Waals surface area contributed by atoms with Gasteiger partial charge in [0.05, 0.1) is 22.9 Å². The number of methoxy groups -OCH3 is 1. The normalized spacial score (nSPS) is 31.3. The van der Waals surface area contributed by atoms with Crippen LogP contribution in [-0.4, -0.2) is 54.7 Å². The van der Waals surface area contributed by atoms with Gasteiger partial charge in [-0.15, -0.1) is 0 Å². The highest BCUT2D eigenvalue weighted by Gasteiger charge is 2.49. The van der Waals surface area contributed by atoms with Crippen molar-refractivity contribution < 1.29 is 4.74 Å². The molecule has 1 unspecified atom stereocenters. The lowest BCUT2D eigenvalue weighted by atomic mass is 9.73. The topological polar surface area (TPSA) is 61.8 Å². The van der Waals surface area contributed by atoms with Gasteiger partial charge in [0.25, 0.3) is 0 Å². The van der Waals surface area contributed by atoms with E-state index in [-0.39, 0.29) is 5.54 Å². The lowest BCUT2D eigenvalue weighted by molar-refractivity contribution is 0.0374. The Morgan fingerprint density at radius 1 is 1.38 bits per heavy atom. The maximum atomic E-state index is 5.27. The number of aliphatic imine (C=N–C) groups is 1. The number of piperidine rings is 3. The molecule has 4 aliphatic rings. The van der Waals surface area contributed by atoms with Crippen LogP contribution in [-0.2, 0) is 0 Å². The molecule has 2 aromatic rings. The number of thiazole rings is 1. The molecule has 0 amide bonds. The number of aromatic nitrogens is 1. The molecular weight excluding hydrogens is 322 g/mol. The van der Waals surface area contributed by atoms with Gasteiger partial charge in [0.1, 0.15) is 5.75 Å². The molecule has 0 aliphatic carbocycles. The first-order valence-electron chi connectivity index (χ1n) is 8.52. The highest BCUT2D eigenvalue weighted by Crippen LogP contribution is 2.40. The van der Waals surface area contributed by atoms with Gasteiger partial charge in [-0.3, -0.25) is 0 Å². The summed E-state index contributed by atoms with van der Waals surface area (Å²) >= 11 is 1.64. The van der Waals surface area contributed by atoms with Crippen LogP contribution >= 0.6 is 11.3 Å². The molecule has 1 spiro atoms. The Kier molecular flexibility index (Phi) is 3.21. The van der Waals surface area contributed by atoms with Crippen molar-refractivity contribution in [2.24, 2.45) is 10.9 Å². The van der Waals surface area contributed by atoms with Gasteiger partial charge in [-0.25, -0.2) is 9.98 Å². The Morgan fingerprint density at radius 3 is 3.00 bits per heavy atom. The summed E-state index contributed by atoms with van der Waals surface area (Å²) in [6.45, 7) is 4.51. The van der Waals surface area contributed by atoms with Crippen LogP contribution in [0.4, 0.5) is 5.13 Å². The van der Waals surface area contributed by atoms with Crippen molar-refractivity contribution in [2.45, 2.75) is 18.4 Å². The number of hydrogen-bond acceptors (Lipinski definition) is 7. The molecule has 24 heavy (non-hydrogen) atoms. The van der Waals surface area contributed by atoms with Crippen molar-refractivity contribution in [3.63, 3.8) is 0 Å². The second kappa shape index (κ2) is 5.32. The molecule has 3 fully saturated rings. The van der Waals surface area contributed by atoms with Gasteiger partial charge >= 0.3 is 0 Å². The zero-order valence-electron chi connectivity index (χ0n) is 13.7. The molecule has 0 saturated carbocycles. The third kappa shape index (κ3) is 2.26. The van der Waals surface area contributed by atoms with E-state index in [0.29, 0.717) is 5.92 Å². The fraction of sp³-hybridized carbons (Fsp3) is 0.529. The van der Waals surface area contributed by atoms with Crippen LogP contribution in [0.2, 0.25) is 0 Å². The molecule has 5 heterocycles. The summed E-state index contributed by atoms with van der Waals surface area (Å²) in [4.78, 5) is 12.3. The van der Waals surface area contributed by atoms with Crippen molar-refractivity contribution >= 4 is 32.6 Å². The zero-order valence-corrected chi connectivity index (χ0v) is 14.5. The summed E-state index contributed by atoms with van der Waals surface area (Å²) < 4.78 is 6.42. The first-order valence-corrected chi connectivity index (χ1v) is 9.33. The predicted molar refractivity (Wildman–Crippen MR) is 97.1 cm³/mol. The average molecular weight is 343 g/mol. The highest BCUT2D eigenvalue weighted by atomic mass is 32.1. The van der Waals surface area contributed by atoms with E-state index in [1.165, 1.54) is 25.9 Å². The SMILES string of the molecule is COc1ccc2sc(NC3=NC4(CN3)CN3CCC4CC3)nc2c1. The molecular formula is C17H21N5OS. The minimum Gasteiger partial charge on any atom is -0.497 e. The lowest BCUT2D eigenvalue weighted by Gasteiger charge is -2.49. The number of ether oxygens (including phenoxy) is 1. The fourth-order valence-electron chi connectivity index (χ4n) is 4.27. The Hall–Kier alpha value is -1.86. The first-order chi connectivity index (χ1) is 11.7. The number of anilines is 1. The van der Waals surface area contributed by atoms with Gasteiger partial charge in [0.15, 0.2) is 11.1 Å². The van der Waals surface area contributed by atoms with E-state index in [2.05, 4.69) is 26.6 Å². The van der Waals surface area contributed by atoms with Crippen LogP contribution in [0.25, 0.3) is 10.2 Å². The van der Waals surface area contributed by atoms with Gasteiger partial charge in [0, 0.05) is 19.2 Å². The quantitative estimate of drug-likeness (QED) is 0.875. The smallest absolute Gasteiger partial charge is 0.198 e. The number of guanidine groups is 1. The minimum atomic E-state index is 0.0682. The van der Waals surface area contributed by atoms with Gasteiger partial charge in [-0.1, -0.05) is 11.3 Å². The number of nitrogens with one attached hydrogen (secondary N) is 2. The van der Waals surface area contributed by atoms with Crippen LogP contribution in [0, 0.1) is 5.92 Å².